The molecule has 1 unspecified atom stereocenters. The molecule has 2 fully saturated rings. The van der Waals surface area contributed by atoms with Crippen LogP contribution in [0.15, 0.2) is 0 Å². The second kappa shape index (κ2) is 7.59. The Bertz CT molecular complexity index is 350. The van der Waals surface area contributed by atoms with E-state index < -0.39 is 0 Å². The van der Waals surface area contributed by atoms with Gasteiger partial charge in [0.25, 0.3) is 0 Å². The minimum atomic E-state index is 0.129. The molecular formula is C16H26N2O. The first-order chi connectivity index (χ1) is 9.33. The van der Waals surface area contributed by atoms with Gasteiger partial charge in [-0.3, -0.25) is 4.79 Å². The van der Waals surface area contributed by atoms with Gasteiger partial charge in [0.15, 0.2) is 0 Å². The Morgan fingerprint density at radius 2 is 1.42 bits per heavy atom. The van der Waals surface area contributed by atoms with E-state index in [4.69, 9.17) is 5.53 Å². The van der Waals surface area contributed by atoms with E-state index >= 15 is 0 Å². The van der Waals surface area contributed by atoms with Crippen molar-refractivity contribution in [2.45, 2.75) is 77.0 Å². The van der Waals surface area contributed by atoms with E-state index in [0.717, 1.165) is 25.7 Å². The molecule has 2 saturated carbocycles. The third-order valence-corrected chi connectivity index (χ3v) is 4.89. The molecule has 0 heterocycles. The zero-order valence-corrected chi connectivity index (χ0v) is 11.9. The minimum absolute atomic E-state index is 0.129. The van der Waals surface area contributed by atoms with Gasteiger partial charge in [-0.15, -0.1) is 0 Å². The normalized spacial score (nSPS) is 27.9. The smallest absolute Gasteiger partial charge is 0.334 e. The van der Waals surface area contributed by atoms with Gasteiger partial charge in [-0.2, -0.15) is 4.79 Å². The van der Waals surface area contributed by atoms with Gasteiger partial charge < -0.3 is 5.53 Å². The van der Waals surface area contributed by atoms with Crippen molar-refractivity contribution in [3.05, 3.63) is 5.53 Å². The highest BCUT2D eigenvalue weighted by Gasteiger charge is 2.35. The summed E-state index contributed by atoms with van der Waals surface area (Å²) in [5.41, 5.74) is 9.50. The molecule has 0 saturated heterocycles. The first-order valence-corrected chi connectivity index (χ1v) is 8.08. The Morgan fingerprint density at radius 3 is 2.11 bits per heavy atom. The van der Waals surface area contributed by atoms with E-state index in [0.29, 0.717) is 18.1 Å². The molecule has 0 radical (unpaired) electrons. The number of hydrogen-bond donors (Lipinski definition) is 0. The maximum absolute atomic E-state index is 12.5. The van der Waals surface area contributed by atoms with Gasteiger partial charge >= 0.3 is 5.71 Å². The molecule has 2 aliphatic rings. The van der Waals surface area contributed by atoms with Gasteiger partial charge in [-0.05, 0) is 31.6 Å². The SMILES string of the molecule is [N-]=[N+]=C1CCCCCC(C2CCCCCCC2)C1=O. The van der Waals surface area contributed by atoms with Gasteiger partial charge in [0.1, 0.15) is 0 Å². The number of carbonyl (C=O) groups excluding carboxylic acids is 1. The van der Waals surface area contributed by atoms with Gasteiger partial charge in [-0.25, -0.2) is 0 Å². The summed E-state index contributed by atoms with van der Waals surface area (Å²) in [6.45, 7) is 0. The number of Topliss-reactive ketones (excluding diaryl/α,β-unsaturated/α-hetero) is 1. The average molecular weight is 262 g/mol. The van der Waals surface area contributed by atoms with E-state index in [1.165, 1.54) is 44.9 Å². The maximum atomic E-state index is 12.5. The molecule has 0 aromatic heterocycles. The van der Waals surface area contributed by atoms with Crippen LogP contribution in [0, 0.1) is 11.8 Å². The first kappa shape index (κ1) is 14.5. The topological polar surface area (TPSA) is 53.5 Å². The van der Waals surface area contributed by atoms with Gasteiger partial charge in [-0.1, -0.05) is 44.9 Å². The maximum Gasteiger partial charge on any atom is 0.334 e. The third-order valence-electron chi connectivity index (χ3n) is 4.89. The highest BCUT2D eigenvalue weighted by Crippen LogP contribution is 2.33. The van der Waals surface area contributed by atoms with Crippen molar-refractivity contribution in [2.75, 3.05) is 0 Å². The Labute approximate surface area is 116 Å². The highest BCUT2D eigenvalue weighted by molar-refractivity contribution is 6.38. The van der Waals surface area contributed by atoms with Crippen molar-refractivity contribution in [3.8, 4) is 0 Å². The molecule has 2 rings (SSSR count). The fourth-order valence-electron chi connectivity index (χ4n) is 3.74. The van der Waals surface area contributed by atoms with Crippen LogP contribution >= 0.6 is 0 Å². The van der Waals surface area contributed by atoms with E-state index in [1.54, 1.807) is 0 Å². The summed E-state index contributed by atoms with van der Waals surface area (Å²) in [5, 5.41) is 0. The van der Waals surface area contributed by atoms with Crippen molar-refractivity contribution in [1.82, 2.24) is 0 Å². The van der Waals surface area contributed by atoms with Crippen LogP contribution in [0.3, 0.4) is 0 Å². The predicted molar refractivity (Wildman–Crippen MR) is 76.0 cm³/mol. The van der Waals surface area contributed by atoms with Crippen molar-refractivity contribution < 1.29 is 9.58 Å². The average Bonchev–Trinajstić information content (AvgIpc) is 2.36. The Morgan fingerprint density at radius 1 is 0.842 bits per heavy atom. The Kier molecular flexibility index (Phi) is 5.78. The Hall–Kier alpha value is -0.950. The lowest BCUT2D eigenvalue weighted by molar-refractivity contribution is -0.123. The van der Waals surface area contributed by atoms with Crippen LogP contribution in [0.1, 0.15) is 77.0 Å². The molecular weight excluding hydrogens is 236 g/mol. The molecule has 0 bridgehead atoms. The van der Waals surface area contributed by atoms with Crippen LogP contribution in [0.4, 0.5) is 0 Å². The molecule has 0 aromatic rings. The number of nitrogens with zero attached hydrogens (tertiary/aromatic N) is 2. The minimum Gasteiger partial charge on any atom is -0.361 e. The lowest BCUT2D eigenvalue weighted by atomic mass is 9.75. The molecule has 0 spiro atoms. The molecule has 3 nitrogen and oxygen atoms in total. The molecule has 3 heteroatoms. The van der Waals surface area contributed by atoms with Crippen LogP contribution in [-0.4, -0.2) is 16.3 Å². The Balaban J connectivity index is 2.08. The zero-order valence-electron chi connectivity index (χ0n) is 11.9. The summed E-state index contributed by atoms with van der Waals surface area (Å²) in [6, 6.07) is 0. The summed E-state index contributed by atoms with van der Waals surface area (Å²) in [7, 11) is 0. The third kappa shape index (κ3) is 4.01. The molecule has 0 amide bonds. The molecule has 2 aliphatic carbocycles. The zero-order chi connectivity index (χ0) is 13.5. The number of hydrogen-bond acceptors (Lipinski definition) is 1. The van der Waals surface area contributed by atoms with Crippen LogP contribution in [0.2, 0.25) is 0 Å². The lowest BCUT2D eigenvalue weighted by Gasteiger charge is -2.27. The van der Waals surface area contributed by atoms with Crippen LogP contribution in [0.5, 0.6) is 0 Å². The molecule has 1 atom stereocenters. The summed E-state index contributed by atoms with van der Waals surface area (Å²) in [4.78, 5) is 15.8. The molecule has 19 heavy (non-hydrogen) atoms. The van der Waals surface area contributed by atoms with Crippen LogP contribution in [-0.2, 0) is 4.79 Å². The van der Waals surface area contributed by atoms with Crippen LogP contribution in [0.25, 0.3) is 5.53 Å². The fourth-order valence-corrected chi connectivity index (χ4v) is 3.74. The summed E-state index contributed by atoms with van der Waals surface area (Å²) in [6.07, 6.45) is 13.9. The van der Waals surface area contributed by atoms with Crippen molar-refractivity contribution in [1.29, 1.82) is 0 Å². The fraction of sp³-hybridized carbons (Fsp3) is 0.875. The lowest BCUT2D eigenvalue weighted by Crippen LogP contribution is -2.32. The molecule has 0 aromatic carbocycles. The molecule has 0 N–H and O–H groups in total. The number of rotatable bonds is 1. The van der Waals surface area contributed by atoms with Crippen LogP contribution < -0.4 is 0 Å². The van der Waals surface area contributed by atoms with E-state index in [-0.39, 0.29) is 11.7 Å². The van der Waals surface area contributed by atoms with Crippen molar-refractivity contribution >= 4 is 11.5 Å². The van der Waals surface area contributed by atoms with Gasteiger partial charge in [0.2, 0.25) is 5.78 Å². The summed E-state index contributed by atoms with van der Waals surface area (Å²) >= 11 is 0. The predicted octanol–water partition coefficient (Wildman–Crippen LogP) is 4.17. The monoisotopic (exact) mass is 262 g/mol. The summed E-state index contributed by atoms with van der Waals surface area (Å²) < 4.78 is 0. The number of ketones is 1. The largest absolute Gasteiger partial charge is 0.361 e. The number of carbonyl (C=O) groups is 1. The molecule has 106 valence electrons. The first-order valence-electron chi connectivity index (χ1n) is 8.08. The summed E-state index contributed by atoms with van der Waals surface area (Å²) in [5.74, 6) is 0.805. The van der Waals surface area contributed by atoms with Crippen molar-refractivity contribution in [3.63, 3.8) is 0 Å². The van der Waals surface area contributed by atoms with Gasteiger partial charge in [0, 0.05) is 5.92 Å². The van der Waals surface area contributed by atoms with E-state index in [9.17, 15) is 4.79 Å². The van der Waals surface area contributed by atoms with E-state index in [2.05, 4.69) is 4.79 Å². The second-order valence-electron chi connectivity index (χ2n) is 6.22. The van der Waals surface area contributed by atoms with Crippen molar-refractivity contribution in [2.24, 2.45) is 11.8 Å². The molecule has 0 aliphatic heterocycles. The van der Waals surface area contributed by atoms with Gasteiger partial charge in [0.05, 0.1) is 6.42 Å². The highest BCUT2D eigenvalue weighted by atomic mass is 16.1. The quantitative estimate of drug-likeness (QED) is 0.517. The van der Waals surface area contributed by atoms with E-state index in [1.807, 2.05) is 0 Å². The second-order valence-corrected chi connectivity index (χ2v) is 6.22. The standard InChI is InChI=1S/C16H26N2O/c17-18-15-12-8-4-7-11-14(16(15)19)13-9-5-2-1-3-6-10-13/h13-14H,1-12H2.